The van der Waals surface area contributed by atoms with E-state index in [2.05, 4.69) is 0 Å². The van der Waals surface area contributed by atoms with Crippen LogP contribution in [0.15, 0.2) is 12.2 Å². The van der Waals surface area contributed by atoms with Crippen molar-refractivity contribution in [3.05, 3.63) is 12.2 Å². The van der Waals surface area contributed by atoms with E-state index in [1.54, 1.807) is 0 Å². The standard InChI is InChI=1S/C4H4O4.Al.H3N.2H2O4S/c5-3(6)1-2-4(7)8;;;2*1-5(2,3)4/h1-2H,(H,5,6)(H,7,8);;1H3;2*(H2,1,2,3,4)/q;+3;;;/p-3/b2-1-;;;;. The van der Waals surface area contributed by atoms with Crippen molar-refractivity contribution in [1.82, 2.24) is 6.15 Å². The Hall–Kier alpha value is -1.09. The Kier molecular flexibility index (Phi) is 22.5. The van der Waals surface area contributed by atoms with Crippen LogP contribution < -0.4 is 6.15 Å². The largest absolute Gasteiger partial charge is 3.00 e. The molecule has 13 nitrogen and oxygen atoms in total. The van der Waals surface area contributed by atoms with Crippen molar-refractivity contribution in [3.8, 4) is 0 Å². The minimum absolute atomic E-state index is 0. The molecule has 0 heterocycles. The smallest absolute Gasteiger partial charge is 0.759 e. The quantitative estimate of drug-likeness (QED) is 0.169. The van der Waals surface area contributed by atoms with Crippen LogP contribution in [0.1, 0.15) is 0 Å². The van der Waals surface area contributed by atoms with Crippen molar-refractivity contribution in [2.24, 2.45) is 0 Å². The third-order valence-electron chi connectivity index (χ3n) is 0.368. The first-order chi connectivity index (χ1) is 7.63. The molecule has 0 aliphatic rings. The summed E-state index contributed by atoms with van der Waals surface area (Å²) in [7, 11) is -10.1. The zero-order valence-electron chi connectivity index (χ0n) is 9.27. The molecule has 20 heavy (non-hydrogen) atoms. The molecule has 0 aliphatic heterocycles. The summed E-state index contributed by atoms with van der Waals surface area (Å²) in [6.07, 6.45) is 1.12. The summed E-state index contributed by atoms with van der Waals surface area (Å²) in [4.78, 5) is 19.1. The second-order valence-corrected chi connectivity index (χ2v) is 3.52. The first-order valence-corrected chi connectivity index (χ1v) is 5.81. The van der Waals surface area contributed by atoms with Gasteiger partial charge in [-0.1, -0.05) is 0 Å². The van der Waals surface area contributed by atoms with Gasteiger partial charge in [-0.15, -0.1) is 0 Å². The molecule has 0 aromatic carbocycles. The summed E-state index contributed by atoms with van der Waals surface area (Å²) in [6.45, 7) is 0. The van der Waals surface area contributed by atoms with E-state index in [1.165, 1.54) is 0 Å². The molecule has 0 aromatic heterocycles. The number of carboxylic acid groups (broad SMARTS) is 2. The van der Waals surface area contributed by atoms with Gasteiger partial charge in [-0.3, -0.25) is 13.0 Å². The second kappa shape index (κ2) is 14.3. The summed E-state index contributed by atoms with van der Waals surface area (Å²) in [5.74, 6) is -2.51. The zero-order chi connectivity index (χ0) is 15.6. The fraction of sp³-hybridized carbons (Fsp3) is 0. The number of carbonyl (C=O) groups is 2. The first kappa shape index (κ1) is 31.4. The van der Waals surface area contributed by atoms with Gasteiger partial charge in [-0.05, 0) is 0 Å². The van der Waals surface area contributed by atoms with Crippen LogP contribution in [-0.2, 0) is 30.4 Å². The van der Waals surface area contributed by atoms with Crippen molar-refractivity contribution in [2.75, 3.05) is 0 Å². The Balaban J connectivity index is -0.0000000558. The molecule has 0 saturated heterocycles. The van der Waals surface area contributed by atoms with Crippen molar-refractivity contribution < 1.29 is 54.8 Å². The van der Waals surface area contributed by atoms with E-state index in [1.807, 2.05) is 0 Å². The molecule has 0 aromatic rings. The fourth-order valence-corrected chi connectivity index (χ4v) is 0.143. The van der Waals surface area contributed by atoms with E-state index in [0.29, 0.717) is 12.2 Å². The number of rotatable bonds is 2. The second-order valence-electron chi connectivity index (χ2n) is 1.85. The summed E-state index contributed by atoms with van der Waals surface area (Å²) in [5, 5.41) is 15.6. The average molecular weight is 353 g/mol. The maximum atomic E-state index is 9.55. The van der Waals surface area contributed by atoms with Gasteiger partial charge in [0.05, 0.1) is 0 Å². The van der Waals surface area contributed by atoms with Crippen LogP contribution >= 0.6 is 0 Å². The molecule has 0 unspecified atom stereocenters. The Labute approximate surface area is 123 Å². The van der Waals surface area contributed by atoms with Crippen LogP contribution in [0.25, 0.3) is 0 Å². The van der Waals surface area contributed by atoms with Crippen LogP contribution in [0, 0.1) is 0 Å². The molecule has 0 radical (unpaired) electrons. The summed E-state index contributed by atoms with van der Waals surface area (Å²) >= 11 is 0. The van der Waals surface area contributed by atoms with Crippen LogP contribution in [0.4, 0.5) is 0 Å². The van der Waals surface area contributed by atoms with Crippen LogP contribution in [0.2, 0.25) is 0 Å². The van der Waals surface area contributed by atoms with E-state index in [4.69, 9.17) is 45.3 Å². The molecule has 0 spiro atoms. The van der Waals surface area contributed by atoms with Crippen molar-refractivity contribution in [1.29, 1.82) is 0 Å². The van der Waals surface area contributed by atoms with E-state index < -0.39 is 32.7 Å². The molecule has 0 amide bonds. The van der Waals surface area contributed by atoms with Gasteiger partial charge in [-0.25, -0.2) is 18.0 Å². The molecule has 116 valence electrons. The van der Waals surface area contributed by atoms with Gasteiger partial charge in [0, 0.05) is 22.6 Å². The molecule has 0 saturated carbocycles. The zero-order valence-corrected chi connectivity index (χ0v) is 12.1. The predicted molar refractivity (Wildman–Crippen MR) is 58.0 cm³/mol. The van der Waals surface area contributed by atoms with E-state index in [9.17, 15) is 9.59 Å². The molecule has 0 aliphatic carbocycles. The van der Waals surface area contributed by atoms with Gasteiger partial charge in [0.2, 0.25) is 10.4 Å². The molecule has 16 heteroatoms. The van der Waals surface area contributed by atoms with Crippen LogP contribution in [0.5, 0.6) is 0 Å². The van der Waals surface area contributed by atoms with Gasteiger partial charge in [0.1, 0.15) is 0 Å². The average Bonchev–Trinajstić information content (AvgIpc) is 1.93. The SMILES string of the molecule is N.O=C(O)/C=C\C(=O)O.O=S(=O)([O-])O.O=S(=O)([O-])[O-].[Al+3]. The topological polar surface area (TPSA) is 267 Å². The minimum Gasteiger partial charge on any atom is -0.759 e. The van der Waals surface area contributed by atoms with Crippen LogP contribution in [0.3, 0.4) is 0 Å². The number of carboxylic acids is 2. The molecule has 6 N–H and O–H groups in total. The third kappa shape index (κ3) is 280. The summed E-state index contributed by atoms with van der Waals surface area (Å²) < 4.78 is 66.9. The maximum Gasteiger partial charge on any atom is 3.00 e. The number of aliphatic carboxylic acids is 2. The van der Waals surface area contributed by atoms with Crippen molar-refractivity contribution in [2.45, 2.75) is 0 Å². The predicted octanol–water partition coefficient (Wildman–Crippen LogP) is -2.84. The number of hydrogen-bond acceptors (Lipinski definition) is 10. The van der Waals surface area contributed by atoms with Gasteiger partial charge in [0.25, 0.3) is 0 Å². The first-order valence-electron chi connectivity index (χ1n) is 3.12. The van der Waals surface area contributed by atoms with Crippen LogP contribution in [-0.4, -0.2) is 74.6 Å². The summed E-state index contributed by atoms with van der Waals surface area (Å²) in [6, 6.07) is 0. The molecular weight excluding hydrogens is 345 g/mol. The van der Waals surface area contributed by atoms with E-state index in [-0.39, 0.29) is 23.5 Å². The normalized spacial score (nSPS) is 9.60. The molecule has 0 rings (SSSR count). The van der Waals surface area contributed by atoms with Gasteiger partial charge < -0.3 is 30.0 Å². The van der Waals surface area contributed by atoms with Gasteiger partial charge in [-0.2, -0.15) is 0 Å². The third-order valence-corrected chi connectivity index (χ3v) is 0.368. The fourth-order valence-electron chi connectivity index (χ4n) is 0.143. The Bertz CT molecular complexity index is 430. The molecule has 0 atom stereocenters. The molecular formula is C4H8AlNO12S2. The Morgan fingerprint density at radius 3 is 1.00 bits per heavy atom. The molecule has 0 fully saturated rings. The Morgan fingerprint density at radius 2 is 0.950 bits per heavy atom. The van der Waals surface area contributed by atoms with Gasteiger partial charge in [0.15, 0.2) is 0 Å². The molecule has 0 bridgehead atoms. The van der Waals surface area contributed by atoms with Crippen molar-refractivity contribution >= 4 is 50.1 Å². The van der Waals surface area contributed by atoms with E-state index >= 15 is 0 Å². The van der Waals surface area contributed by atoms with Crippen molar-refractivity contribution in [3.63, 3.8) is 0 Å². The monoisotopic (exact) mass is 353 g/mol. The van der Waals surface area contributed by atoms with Gasteiger partial charge >= 0.3 is 29.3 Å². The van der Waals surface area contributed by atoms with E-state index in [0.717, 1.165) is 0 Å². The number of hydrogen-bond donors (Lipinski definition) is 4. The Morgan fingerprint density at radius 1 is 0.850 bits per heavy atom. The summed E-state index contributed by atoms with van der Waals surface area (Å²) in [5.41, 5.74) is 0. The minimum atomic E-state index is -5.17. The maximum absolute atomic E-state index is 9.55.